The number of carbonyl (C=O) groups excluding carboxylic acids is 1. The van der Waals surface area contributed by atoms with Gasteiger partial charge >= 0.3 is 0 Å². The van der Waals surface area contributed by atoms with E-state index >= 15 is 0 Å². The van der Waals surface area contributed by atoms with Crippen LogP contribution in [0.5, 0.6) is 17.2 Å². The minimum atomic E-state index is -3.86. The molecule has 0 spiro atoms. The second-order valence-corrected chi connectivity index (χ2v) is 9.20. The van der Waals surface area contributed by atoms with Crippen molar-refractivity contribution in [3.8, 4) is 17.2 Å². The number of hydrogen-bond acceptors (Lipinski definition) is 6. The van der Waals surface area contributed by atoms with Crippen LogP contribution in [-0.4, -0.2) is 34.6 Å². The van der Waals surface area contributed by atoms with Crippen molar-refractivity contribution in [3.05, 3.63) is 72.3 Å². The molecule has 0 saturated carbocycles. The Bertz CT molecular complexity index is 1240. The van der Waals surface area contributed by atoms with E-state index in [4.69, 9.17) is 14.2 Å². The number of carbonyl (C=O) groups is 1. The van der Waals surface area contributed by atoms with Crippen LogP contribution in [0.25, 0.3) is 0 Å². The molecule has 0 fully saturated rings. The smallest absolute Gasteiger partial charge is 0.265 e. The predicted octanol–water partition coefficient (Wildman–Crippen LogP) is 4.61. The summed E-state index contributed by atoms with van der Waals surface area (Å²) in [5, 5.41) is 2.77. The van der Waals surface area contributed by atoms with Gasteiger partial charge in [-0.1, -0.05) is 19.1 Å². The normalized spacial score (nSPS) is 11.9. The summed E-state index contributed by atoms with van der Waals surface area (Å²) in [7, 11) is -0.826. The van der Waals surface area contributed by atoms with Gasteiger partial charge in [0.25, 0.3) is 15.9 Å². The van der Waals surface area contributed by atoms with Gasteiger partial charge in [-0.25, -0.2) is 8.42 Å². The second kappa shape index (κ2) is 10.9. The number of ether oxygens (including phenoxy) is 3. The average molecular weight is 485 g/mol. The molecule has 8 nitrogen and oxygen atoms in total. The molecule has 180 valence electrons. The van der Waals surface area contributed by atoms with Crippen molar-refractivity contribution >= 4 is 27.3 Å². The van der Waals surface area contributed by atoms with Crippen LogP contribution in [0.2, 0.25) is 0 Å². The molecule has 2 N–H and O–H groups in total. The van der Waals surface area contributed by atoms with Crippen LogP contribution in [0, 0.1) is 6.92 Å². The quantitative estimate of drug-likeness (QED) is 0.436. The molecule has 0 heterocycles. The summed E-state index contributed by atoms with van der Waals surface area (Å²) < 4.78 is 44.5. The fourth-order valence-electron chi connectivity index (χ4n) is 3.21. The molecule has 0 aliphatic heterocycles. The van der Waals surface area contributed by atoms with Crippen molar-refractivity contribution in [2.75, 3.05) is 24.3 Å². The highest BCUT2D eigenvalue weighted by atomic mass is 32.2. The molecule has 3 rings (SSSR count). The molecule has 0 aliphatic rings. The molecule has 0 saturated heterocycles. The van der Waals surface area contributed by atoms with Crippen molar-refractivity contribution in [3.63, 3.8) is 0 Å². The Morgan fingerprint density at radius 3 is 2.29 bits per heavy atom. The van der Waals surface area contributed by atoms with Gasteiger partial charge in [-0.05, 0) is 67.4 Å². The third kappa shape index (κ3) is 6.20. The average Bonchev–Trinajstić information content (AvgIpc) is 2.83. The minimum absolute atomic E-state index is 0.0498. The van der Waals surface area contributed by atoms with Crippen molar-refractivity contribution in [2.45, 2.75) is 31.3 Å². The number of aryl methyl sites for hydroxylation is 1. The third-order valence-electron chi connectivity index (χ3n) is 5.01. The molecule has 1 amide bonds. The molecular weight excluding hydrogens is 456 g/mol. The van der Waals surface area contributed by atoms with Gasteiger partial charge in [0.15, 0.2) is 6.10 Å². The first-order valence-electron chi connectivity index (χ1n) is 10.6. The van der Waals surface area contributed by atoms with Crippen LogP contribution in [-0.2, 0) is 14.8 Å². The van der Waals surface area contributed by atoms with Gasteiger partial charge in [0.05, 0.1) is 24.8 Å². The van der Waals surface area contributed by atoms with E-state index in [2.05, 4.69) is 10.0 Å². The summed E-state index contributed by atoms with van der Waals surface area (Å²) >= 11 is 0. The number of methoxy groups -OCH3 is 2. The summed E-state index contributed by atoms with van der Waals surface area (Å²) in [4.78, 5) is 12.8. The Hall–Kier alpha value is -3.72. The Labute approximate surface area is 199 Å². The first-order chi connectivity index (χ1) is 16.2. The summed E-state index contributed by atoms with van der Waals surface area (Å²) in [5.74, 6) is 1.21. The third-order valence-corrected chi connectivity index (χ3v) is 6.40. The second-order valence-electron chi connectivity index (χ2n) is 7.52. The molecule has 34 heavy (non-hydrogen) atoms. The minimum Gasteiger partial charge on any atom is -0.497 e. The van der Waals surface area contributed by atoms with E-state index in [1.807, 2.05) is 19.9 Å². The summed E-state index contributed by atoms with van der Waals surface area (Å²) in [5.41, 5.74) is 1.68. The maximum atomic E-state index is 12.8. The molecule has 0 radical (unpaired) electrons. The van der Waals surface area contributed by atoms with Crippen LogP contribution < -0.4 is 24.2 Å². The Kier molecular flexibility index (Phi) is 8.01. The highest BCUT2D eigenvalue weighted by Gasteiger charge is 2.20. The van der Waals surface area contributed by atoms with Gasteiger partial charge in [0, 0.05) is 11.8 Å². The zero-order valence-corrected chi connectivity index (χ0v) is 20.3. The van der Waals surface area contributed by atoms with Gasteiger partial charge in [0.2, 0.25) is 0 Å². The van der Waals surface area contributed by atoms with Gasteiger partial charge in [0.1, 0.15) is 17.2 Å². The number of benzene rings is 3. The SMILES string of the molecule is CCC(Oc1cccc(OC)c1)C(=O)Nc1ccc(S(=O)(=O)Nc2cc(C)ccc2OC)cc1. The largest absolute Gasteiger partial charge is 0.497 e. The first-order valence-corrected chi connectivity index (χ1v) is 12.1. The number of anilines is 2. The topological polar surface area (TPSA) is 103 Å². The lowest BCUT2D eigenvalue weighted by molar-refractivity contribution is -0.122. The Balaban J connectivity index is 1.69. The number of rotatable bonds is 10. The van der Waals surface area contributed by atoms with E-state index in [0.29, 0.717) is 35.0 Å². The van der Waals surface area contributed by atoms with Crippen LogP contribution in [0.1, 0.15) is 18.9 Å². The number of nitrogens with one attached hydrogen (secondary N) is 2. The van der Waals surface area contributed by atoms with Gasteiger partial charge in [-0.3, -0.25) is 9.52 Å². The lowest BCUT2D eigenvalue weighted by Gasteiger charge is -2.18. The molecule has 0 aromatic heterocycles. The predicted molar refractivity (Wildman–Crippen MR) is 131 cm³/mol. The number of amides is 1. The molecular formula is C25H28N2O6S. The summed E-state index contributed by atoms with van der Waals surface area (Å²) in [6, 6.07) is 18.1. The standard InChI is InChI=1S/C25H28N2O6S/c1-5-23(33-20-8-6-7-19(16-20)31-3)25(28)26-18-10-12-21(13-11-18)34(29,30)27-22-15-17(2)9-14-24(22)32-4/h6-16,23,27H,5H2,1-4H3,(H,26,28). The molecule has 9 heteroatoms. The Morgan fingerprint density at radius 1 is 0.941 bits per heavy atom. The van der Waals surface area contributed by atoms with Crippen molar-refractivity contribution < 1.29 is 27.4 Å². The molecule has 3 aromatic carbocycles. The monoisotopic (exact) mass is 484 g/mol. The fourth-order valence-corrected chi connectivity index (χ4v) is 4.27. The van der Waals surface area contributed by atoms with Crippen molar-refractivity contribution in [1.82, 2.24) is 0 Å². The summed E-state index contributed by atoms with van der Waals surface area (Å²) in [6.45, 7) is 3.70. The van der Waals surface area contributed by atoms with Crippen LogP contribution in [0.4, 0.5) is 11.4 Å². The van der Waals surface area contributed by atoms with Gasteiger partial charge < -0.3 is 19.5 Å². The maximum absolute atomic E-state index is 12.8. The molecule has 1 unspecified atom stereocenters. The molecule has 0 aliphatic carbocycles. The lowest BCUT2D eigenvalue weighted by Crippen LogP contribution is -2.32. The van der Waals surface area contributed by atoms with Crippen molar-refractivity contribution in [2.24, 2.45) is 0 Å². The number of sulfonamides is 1. The fraction of sp³-hybridized carbons (Fsp3) is 0.240. The maximum Gasteiger partial charge on any atom is 0.265 e. The van der Waals surface area contributed by atoms with Crippen LogP contribution >= 0.6 is 0 Å². The zero-order chi connectivity index (χ0) is 24.7. The lowest BCUT2D eigenvalue weighted by atomic mass is 10.2. The summed E-state index contributed by atoms with van der Waals surface area (Å²) in [6.07, 6.45) is -0.288. The molecule has 0 bridgehead atoms. The van der Waals surface area contributed by atoms with E-state index in [1.165, 1.54) is 31.4 Å². The van der Waals surface area contributed by atoms with Crippen LogP contribution in [0.3, 0.4) is 0 Å². The highest BCUT2D eigenvalue weighted by Crippen LogP contribution is 2.28. The number of hydrogen-bond donors (Lipinski definition) is 2. The zero-order valence-electron chi connectivity index (χ0n) is 19.5. The molecule has 3 aromatic rings. The van der Waals surface area contributed by atoms with Gasteiger partial charge in [-0.2, -0.15) is 0 Å². The van der Waals surface area contributed by atoms with Crippen molar-refractivity contribution in [1.29, 1.82) is 0 Å². The van der Waals surface area contributed by atoms with Crippen LogP contribution in [0.15, 0.2) is 71.6 Å². The van der Waals surface area contributed by atoms with E-state index in [0.717, 1.165) is 5.56 Å². The van der Waals surface area contributed by atoms with E-state index in [1.54, 1.807) is 43.5 Å². The molecule has 1 atom stereocenters. The highest BCUT2D eigenvalue weighted by molar-refractivity contribution is 7.92. The Morgan fingerprint density at radius 2 is 1.65 bits per heavy atom. The van der Waals surface area contributed by atoms with E-state index in [9.17, 15) is 13.2 Å². The van der Waals surface area contributed by atoms with Gasteiger partial charge in [-0.15, -0.1) is 0 Å². The first kappa shape index (κ1) is 24.9. The van der Waals surface area contributed by atoms with E-state index in [-0.39, 0.29) is 10.8 Å². The van der Waals surface area contributed by atoms with E-state index < -0.39 is 16.1 Å².